The van der Waals surface area contributed by atoms with E-state index < -0.39 is 5.97 Å². The van der Waals surface area contributed by atoms with Crippen molar-refractivity contribution in [2.45, 2.75) is 50.0 Å². The van der Waals surface area contributed by atoms with Crippen molar-refractivity contribution in [3.8, 4) is 0 Å². The topological polar surface area (TPSA) is 55.1 Å². The Morgan fingerprint density at radius 1 is 1.58 bits per heavy atom. The summed E-state index contributed by atoms with van der Waals surface area (Å²) in [5, 5.41) is 12.4. The Bertz CT molecular complexity index is 798. The van der Waals surface area contributed by atoms with Gasteiger partial charge in [-0.05, 0) is 23.8 Å². The number of fused-ring (bicyclic) bond motifs is 3. The van der Waals surface area contributed by atoms with Crippen molar-refractivity contribution in [2.24, 2.45) is 0 Å². The summed E-state index contributed by atoms with van der Waals surface area (Å²) in [7, 11) is 0. The van der Waals surface area contributed by atoms with Gasteiger partial charge in [-0.2, -0.15) is 0 Å². The number of aliphatic carboxylic acids is 1. The van der Waals surface area contributed by atoms with Crippen molar-refractivity contribution in [3.05, 3.63) is 35.1 Å². The molecule has 0 bridgehead atoms. The molecule has 1 aliphatic heterocycles. The standard InChI is InChI=1S/C18H21ClN2O2S/c1-11(2)16-15-13(4-7-20-16)21-8-5-12(10-14(22)23)17(21)18(15)24-9-3-6-19/h3-4,7,9,11-12H,5-6,8,10H2,1-2H3,(H,22,23)/b9-3+. The lowest BCUT2D eigenvalue weighted by Gasteiger charge is -2.11. The summed E-state index contributed by atoms with van der Waals surface area (Å²) in [5.74, 6) is 0.0931. The van der Waals surface area contributed by atoms with E-state index in [2.05, 4.69) is 23.4 Å². The first-order chi connectivity index (χ1) is 11.5. The molecule has 1 unspecified atom stereocenters. The van der Waals surface area contributed by atoms with Crippen molar-refractivity contribution >= 4 is 40.2 Å². The van der Waals surface area contributed by atoms with E-state index in [4.69, 9.17) is 11.6 Å². The molecule has 24 heavy (non-hydrogen) atoms. The number of thioether (sulfide) groups is 1. The van der Waals surface area contributed by atoms with Gasteiger partial charge in [0.15, 0.2) is 0 Å². The highest BCUT2D eigenvalue weighted by molar-refractivity contribution is 8.02. The van der Waals surface area contributed by atoms with E-state index in [1.807, 2.05) is 23.7 Å². The predicted molar refractivity (Wildman–Crippen MR) is 99.1 cm³/mol. The fourth-order valence-electron chi connectivity index (χ4n) is 3.49. The van der Waals surface area contributed by atoms with E-state index in [-0.39, 0.29) is 12.3 Å². The molecule has 0 amide bonds. The third-order valence-corrected chi connectivity index (χ3v) is 5.58. The number of hydrogen-bond acceptors (Lipinski definition) is 3. The number of aryl methyl sites for hydroxylation is 1. The van der Waals surface area contributed by atoms with Crippen molar-refractivity contribution in [3.63, 3.8) is 0 Å². The Morgan fingerprint density at radius 2 is 2.38 bits per heavy atom. The first-order valence-corrected chi connectivity index (χ1v) is 9.56. The molecule has 3 heterocycles. The number of nitrogens with zero attached hydrogens (tertiary/aromatic N) is 2. The maximum Gasteiger partial charge on any atom is 0.304 e. The largest absolute Gasteiger partial charge is 0.481 e. The Hall–Kier alpha value is -1.46. The van der Waals surface area contributed by atoms with E-state index in [9.17, 15) is 9.90 Å². The van der Waals surface area contributed by atoms with Gasteiger partial charge in [-0.1, -0.05) is 31.7 Å². The highest BCUT2D eigenvalue weighted by Crippen LogP contribution is 2.46. The maximum absolute atomic E-state index is 11.3. The molecule has 1 aliphatic rings. The molecule has 4 nitrogen and oxygen atoms in total. The number of halogens is 1. The summed E-state index contributed by atoms with van der Waals surface area (Å²) in [6, 6.07) is 2.04. The van der Waals surface area contributed by atoms with Gasteiger partial charge in [-0.3, -0.25) is 9.78 Å². The summed E-state index contributed by atoms with van der Waals surface area (Å²) < 4.78 is 2.29. The van der Waals surface area contributed by atoms with Gasteiger partial charge in [0.05, 0.1) is 17.6 Å². The minimum absolute atomic E-state index is 0.0572. The Labute approximate surface area is 150 Å². The van der Waals surface area contributed by atoms with Gasteiger partial charge in [0.25, 0.3) is 0 Å². The molecule has 0 fully saturated rings. The van der Waals surface area contributed by atoms with Crippen LogP contribution in [0.5, 0.6) is 0 Å². The monoisotopic (exact) mass is 364 g/mol. The fraction of sp³-hybridized carbons (Fsp3) is 0.444. The second-order valence-corrected chi connectivity index (χ2v) is 7.56. The SMILES string of the molecule is CC(C)c1nccc2c1c(S/C=C/CCl)c1n2CCC1CC(=O)O. The Morgan fingerprint density at radius 3 is 3.04 bits per heavy atom. The van der Waals surface area contributed by atoms with Crippen LogP contribution < -0.4 is 0 Å². The van der Waals surface area contributed by atoms with Crippen LogP contribution in [0.3, 0.4) is 0 Å². The number of allylic oxidation sites excluding steroid dienone is 1. The average molecular weight is 365 g/mol. The van der Waals surface area contributed by atoms with E-state index in [1.165, 1.54) is 10.9 Å². The average Bonchev–Trinajstić information content (AvgIpc) is 3.07. The summed E-state index contributed by atoms with van der Waals surface area (Å²) >= 11 is 7.39. The van der Waals surface area contributed by atoms with Crippen molar-refractivity contribution in [2.75, 3.05) is 5.88 Å². The number of alkyl halides is 1. The lowest BCUT2D eigenvalue weighted by Crippen LogP contribution is -2.04. The zero-order valence-corrected chi connectivity index (χ0v) is 15.4. The fourth-order valence-corrected chi connectivity index (χ4v) is 4.74. The number of hydrogen-bond donors (Lipinski definition) is 1. The molecule has 2 aromatic rings. The number of rotatable bonds is 6. The molecular weight excluding hydrogens is 344 g/mol. The molecule has 128 valence electrons. The second-order valence-electron chi connectivity index (χ2n) is 6.34. The van der Waals surface area contributed by atoms with Crippen LogP contribution >= 0.6 is 23.4 Å². The molecule has 0 radical (unpaired) electrons. The van der Waals surface area contributed by atoms with E-state index >= 15 is 0 Å². The summed E-state index contributed by atoms with van der Waals surface area (Å²) in [5.41, 5.74) is 3.38. The second kappa shape index (κ2) is 7.19. The van der Waals surface area contributed by atoms with Gasteiger partial charge in [-0.15, -0.1) is 11.6 Å². The molecule has 1 N–H and O–H groups in total. The molecule has 0 spiro atoms. The maximum atomic E-state index is 11.3. The Kier molecular flexibility index (Phi) is 5.21. The first kappa shape index (κ1) is 17.4. The number of carboxylic acid groups (broad SMARTS) is 1. The quantitative estimate of drug-likeness (QED) is 0.581. The van der Waals surface area contributed by atoms with Gasteiger partial charge in [0.2, 0.25) is 0 Å². The molecule has 0 aromatic carbocycles. The first-order valence-electron chi connectivity index (χ1n) is 8.15. The third-order valence-electron chi connectivity index (χ3n) is 4.43. The minimum Gasteiger partial charge on any atom is -0.481 e. The van der Waals surface area contributed by atoms with Crippen LogP contribution in [-0.2, 0) is 11.3 Å². The highest BCUT2D eigenvalue weighted by Gasteiger charge is 2.32. The van der Waals surface area contributed by atoms with Gasteiger partial charge < -0.3 is 9.67 Å². The van der Waals surface area contributed by atoms with Crippen LogP contribution in [0, 0.1) is 0 Å². The lowest BCUT2D eigenvalue weighted by molar-refractivity contribution is -0.137. The van der Waals surface area contributed by atoms with Crippen LogP contribution in [0.2, 0.25) is 0 Å². The van der Waals surface area contributed by atoms with Gasteiger partial charge in [0.1, 0.15) is 0 Å². The molecular formula is C18H21ClN2O2S. The predicted octanol–water partition coefficient (Wildman–Crippen LogP) is 4.97. The van der Waals surface area contributed by atoms with Gasteiger partial charge in [-0.25, -0.2) is 0 Å². The zero-order chi connectivity index (χ0) is 17.3. The molecule has 1 atom stereocenters. The summed E-state index contributed by atoms with van der Waals surface area (Å²) in [4.78, 5) is 17.0. The van der Waals surface area contributed by atoms with Crippen LogP contribution in [0.25, 0.3) is 10.9 Å². The van der Waals surface area contributed by atoms with E-state index in [1.54, 1.807) is 11.8 Å². The lowest BCUT2D eigenvalue weighted by atomic mass is 9.99. The normalized spacial score (nSPS) is 17.2. The van der Waals surface area contributed by atoms with Crippen molar-refractivity contribution in [1.29, 1.82) is 0 Å². The molecule has 0 aliphatic carbocycles. The molecule has 0 saturated heterocycles. The van der Waals surface area contributed by atoms with Crippen LogP contribution in [-0.4, -0.2) is 26.5 Å². The number of carbonyl (C=O) groups is 1. The molecule has 2 aromatic heterocycles. The summed E-state index contributed by atoms with van der Waals surface area (Å²) in [6.45, 7) is 5.15. The van der Waals surface area contributed by atoms with Crippen LogP contribution in [0.1, 0.15) is 49.9 Å². The van der Waals surface area contributed by atoms with Crippen LogP contribution in [0.4, 0.5) is 0 Å². The minimum atomic E-state index is -0.742. The number of pyridine rings is 1. The highest BCUT2D eigenvalue weighted by atomic mass is 35.5. The van der Waals surface area contributed by atoms with Gasteiger partial charge in [0, 0.05) is 40.5 Å². The zero-order valence-electron chi connectivity index (χ0n) is 13.8. The molecule has 3 rings (SSSR count). The van der Waals surface area contributed by atoms with Crippen molar-refractivity contribution in [1.82, 2.24) is 9.55 Å². The summed E-state index contributed by atoms with van der Waals surface area (Å²) in [6.07, 6.45) is 4.82. The number of aromatic nitrogens is 2. The van der Waals surface area contributed by atoms with E-state index in [0.29, 0.717) is 11.8 Å². The molecule has 6 heteroatoms. The van der Waals surface area contributed by atoms with Gasteiger partial charge >= 0.3 is 5.97 Å². The van der Waals surface area contributed by atoms with Crippen molar-refractivity contribution < 1.29 is 9.90 Å². The smallest absolute Gasteiger partial charge is 0.304 e. The third kappa shape index (κ3) is 3.07. The molecule has 0 saturated carbocycles. The van der Waals surface area contributed by atoms with Crippen LogP contribution in [0.15, 0.2) is 28.6 Å². The van der Waals surface area contributed by atoms with E-state index in [0.717, 1.165) is 29.2 Å². The number of carboxylic acids is 1. The Balaban J connectivity index is 2.21.